The molecule has 0 bridgehead atoms. The maximum Gasteiger partial charge on any atom is 1.00 e. The van der Waals surface area contributed by atoms with Gasteiger partial charge in [-0.05, 0) is 55.8 Å². The Kier molecular flexibility index (Phi) is 9.85. The zero-order chi connectivity index (χ0) is 17.1. The Labute approximate surface area is 185 Å². The van der Waals surface area contributed by atoms with E-state index in [9.17, 15) is 24.5 Å². The maximum atomic E-state index is 13.3. The van der Waals surface area contributed by atoms with Crippen molar-refractivity contribution in [3.63, 3.8) is 0 Å². The van der Waals surface area contributed by atoms with Crippen molar-refractivity contribution < 1.29 is 80.6 Å². The van der Waals surface area contributed by atoms with E-state index in [1.165, 1.54) is 0 Å². The van der Waals surface area contributed by atoms with Crippen molar-refractivity contribution in [3.05, 3.63) is 0 Å². The molecule has 0 aromatic heterocycles. The minimum Gasteiger partial charge on any atom is -0.548 e. The van der Waals surface area contributed by atoms with Crippen LogP contribution >= 0.6 is 0 Å². The second-order valence-electron chi connectivity index (χ2n) is 7.38. The number of hydrogen-bond donors (Lipinski definition) is 2. The molecule has 2 rings (SSSR count). The Morgan fingerprint density at radius 2 is 1.83 bits per heavy atom. The van der Waals surface area contributed by atoms with Crippen molar-refractivity contribution in [2.75, 3.05) is 6.61 Å². The molecular weight excluding hydrogens is 342 g/mol. The Hall–Kier alpha value is 0.916. The number of carboxylic acids is 1. The molecule has 0 heterocycles. The van der Waals surface area contributed by atoms with Crippen molar-refractivity contribution in [1.82, 2.24) is 0 Å². The van der Waals surface area contributed by atoms with Gasteiger partial charge in [-0.3, -0.25) is 0 Å². The van der Waals surface area contributed by atoms with Crippen molar-refractivity contribution >= 4 is 5.97 Å². The molecule has 5 nitrogen and oxygen atoms in total. The summed E-state index contributed by atoms with van der Waals surface area (Å²) in [6, 6.07) is 0. The van der Waals surface area contributed by atoms with E-state index in [1.54, 1.807) is 0 Å². The van der Waals surface area contributed by atoms with E-state index in [4.69, 9.17) is 4.74 Å². The molecule has 0 radical (unpaired) electrons. The van der Waals surface area contributed by atoms with Gasteiger partial charge >= 0.3 is 51.4 Å². The van der Waals surface area contributed by atoms with Gasteiger partial charge in [0.05, 0.1) is 24.8 Å². The summed E-state index contributed by atoms with van der Waals surface area (Å²) in [7, 11) is 0. The summed E-state index contributed by atoms with van der Waals surface area (Å²) >= 11 is 0. The molecule has 6 unspecified atom stereocenters. The van der Waals surface area contributed by atoms with Gasteiger partial charge in [0.1, 0.15) is 12.3 Å². The van der Waals surface area contributed by atoms with E-state index in [1.807, 2.05) is 6.92 Å². The van der Waals surface area contributed by atoms with E-state index >= 15 is 0 Å². The first-order valence-electron chi connectivity index (χ1n) is 8.62. The number of aliphatic hydroxyl groups excluding tert-OH is 2. The summed E-state index contributed by atoms with van der Waals surface area (Å²) < 4.78 is 18.5. The number of halogens is 1. The van der Waals surface area contributed by atoms with Crippen LogP contribution in [0.25, 0.3) is 0 Å². The van der Waals surface area contributed by atoms with Crippen LogP contribution in [0, 0.1) is 23.7 Å². The molecular formula is C17H28FKO5. The van der Waals surface area contributed by atoms with Gasteiger partial charge in [-0.25, -0.2) is 4.39 Å². The molecule has 2 aliphatic rings. The molecule has 0 aromatic rings. The summed E-state index contributed by atoms with van der Waals surface area (Å²) in [4.78, 5) is 10.6. The quantitative estimate of drug-likeness (QED) is 0.530. The monoisotopic (exact) mass is 370 g/mol. The minimum atomic E-state index is -1.37. The predicted molar refractivity (Wildman–Crippen MR) is 80.0 cm³/mol. The molecule has 2 N–H and O–H groups in total. The molecule has 134 valence electrons. The first-order chi connectivity index (χ1) is 10.8. The number of aliphatic hydroxyl groups is 2. The number of alkyl halides is 1. The number of rotatable bonds is 5. The minimum absolute atomic E-state index is 0. The zero-order valence-electron chi connectivity index (χ0n) is 14.9. The third-order valence-electron chi connectivity index (χ3n) is 5.85. The summed E-state index contributed by atoms with van der Waals surface area (Å²) in [5.41, 5.74) is 0. The third kappa shape index (κ3) is 5.71. The molecule has 0 aliphatic heterocycles. The fourth-order valence-electron chi connectivity index (χ4n) is 4.32. The van der Waals surface area contributed by atoms with Crippen LogP contribution < -0.4 is 56.5 Å². The van der Waals surface area contributed by atoms with Crippen LogP contribution in [0.3, 0.4) is 0 Å². The summed E-state index contributed by atoms with van der Waals surface area (Å²) in [6.45, 7) is 3.31. The average molecular weight is 371 g/mol. The molecule has 2 fully saturated rings. The SMILES string of the molecule is CC1CC(C(C)C2CCC(F)CC2)C(O)C(OCC(=O)[O-])C1O.[K+]. The Bertz CT molecular complexity index is 402. The molecule has 2 aliphatic carbocycles. The van der Waals surface area contributed by atoms with Crippen molar-refractivity contribution in [2.24, 2.45) is 23.7 Å². The van der Waals surface area contributed by atoms with Crippen LogP contribution in [-0.4, -0.2) is 47.3 Å². The number of carbonyl (C=O) groups is 1. The van der Waals surface area contributed by atoms with Crippen LogP contribution in [0.1, 0.15) is 46.0 Å². The van der Waals surface area contributed by atoms with E-state index in [0.29, 0.717) is 25.2 Å². The summed E-state index contributed by atoms with van der Waals surface area (Å²) in [5, 5.41) is 31.4. The number of carbonyl (C=O) groups excluding carboxylic acids is 1. The molecule has 24 heavy (non-hydrogen) atoms. The molecule has 2 saturated carbocycles. The summed E-state index contributed by atoms with van der Waals surface area (Å²) in [6.07, 6.45) is -0.0183. The maximum absolute atomic E-state index is 13.3. The summed E-state index contributed by atoms with van der Waals surface area (Å²) in [5.74, 6) is -1.00. The first-order valence-corrected chi connectivity index (χ1v) is 8.62. The Morgan fingerprint density at radius 3 is 2.38 bits per heavy atom. The second kappa shape index (κ2) is 10.3. The fourth-order valence-corrected chi connectivity index (χ4v) is 4.32. The van der Waals surface area contributed by atoms with Gasteiger partial charge in [0.25, 0.3) is 0 Å². The molecule has 0 aromatic carbocycles. The van der Waals surface area contributed by atoms with Crippen molar-refractivity contribution in [1.29, 1.82) is 0 Å². The number of hydrogen-bond acceptors (Lipinski definition) is 5. The smallest absolute Gasteiger partial charge is 0.548 e. The number of aliphatic carboxylic acids is 1. The van der Waals surface area contributed by atoms with Crippen molar-refractivity contribution in [3.8, 4) is 0 Å². The van der Waals surface area contributed by atoms with Crippen LogP contribution in [0.4, 0.5) is 4.39 Å². The van der Waals surface area contributed by atoms with Gasteiger partial charge in [-0.2, -0.15) is 0 Å². The Morgan fingerprint density at radius 1 is 1.25 bits per heavy atom. The average Bonchev–Trinajstić information content (AvgIpc) is 2.50. The second-order valence-corrected chi connectivity index (χ2v) is 7.38. The largest absolute Gasteiger partial charge is 1.00 e. The molecule has 0 spiro atoms. The molecule has 7 heteroatoms. The van der Waals surface area contributed by atoms with Gasteiger partial charge in [0.15, 0.2) is 0 Å². The van der Waals surface area contributed by atoms with Crippen LogP contribution in [0.5, 0.6) is 0 Å². The third-order valence-corrected chi connectivity index (χ3v) is 5.85. The Balaban J connectivity index is 0.00000288. The molecule has 0 saturated heterocycles. The van der Waals surface area contributed by atoms with Gasteiger partial charge in [0.2, 0.25) is 0 Å². The van der Waals surface area contributed by atoms with Gasteiger partial charge < -0.3 is 24.9 Å². The van der Waals surface area contributed by atoms with E-state index < -0.39 is 37.1 Å². The first kappa shape index (κ1) is 23.0. The molecule has 0 amide bonds. The fraction of sp³-hybridized carbons (Fsp3) is 0.941. The topological polar surface area (TPSA) is 89.8 Å². The van der Waals surface area contributed by atoms with Gasteiger partial charge in [0, 0.05) is 0 Å². The standard InChI is InChI=1S/C17H29FO5.K/c1-9-7-13(10(2)11-3-5-12(18)6-4-11)16(22)17(15(9)21)23-8-14(19)20;/h9-13,15-17,21-22H,3-8H2,1-2H3,(H,19,20);/q;+1/p-1. The predicted octanol–water partition coefficient (Wildman–Crippen LogP) is -2.33. The van der Waals surface area contributed by atoms with Gasteiger partial charge in [-0.15, -0.1) is 0 Å². The number of carboxylic acid groups (broad SMARTS) is 1. The van der Waals surface area contributed by atoms with Crippen molar-refractivity contribution in [2.45, 2.75) is 70.4 Å². The van der Waals surface area contributed by atoms with E-state index in [-0.39, 0.29) is 69.1 Å². The van der Waals surface area contributed by atoms with E-state index in [2.05, 4.69) is 6.92 Å². The molecule has 6 atom stereocenters. The number of ether oxygens (including phenoxy) is 1. The zero-order valence-corrected chi connectivity index (χ0v) is 18.0. The van der Waals surface area contributed by atoms with Crippen LogP contribution in [0.2, 0.25) is 0 Å². The van der Waals surface area contributed by atoms with Gasteiger partial charge in [-0.1, -0.05) is 13.8 Å². The van der Waals surface area contributed by atoms with Crippen LogP contribution in [-0.2, 0) is 9.53 Å². The van der Waals surface area contributed by atoms with Crippen LogP contribution in [0.15, 0.2) is 0 Å². The normalized spacial score (nSPS) is 41.3. The van der Waals surface area contributed by atoms with E-state index in [0.717, 1.165) is 12.8 Å².